The summed E-state index contributed by atoms with van der Waals surface area (Å²) in [5.41, 5.74) is 2.59. The van der Waals surface area contributed by atoms with Crippen LogP contribution < -0.4 is 14.4 Å². The molecular weight excluding hydrogens is 352 g/mol. The summed E-state index contributed by atoms with van der Waals surface area (Å²) >= 11 is 0. The van der Waals surface area contributed by atoms with Crippen molar-refractivity contribution in [2.45, 2.75) is 26.3 Å². The lowest BCUT2D eigenvalue weighted by Gasteiger charge is -2.21. The summed E-state index contributed by atoms with van der Waals surface area (Å²) in [7, 11) is -3.34. The van der Waals surface area contributed by atoms with Gasteiger partial charge in [0.2, 0.25) is 10.0 Å². The van der Waals surface area contributed by atoms with Crippen molar-refractivity contribution in [2.75, 3.05) is 22.5 Å². The molecule has 0 aliphatic carbocycles. The summed E-state index contributed by atoms with van der Waals surface area (Å²) < 4.78 is 30.9. The SMILES string of the molecule is CCOc1ccccc1NC(=O)c1ccc2c(c1)C[C@@H](C)N2S(C)(=O)=O. The van der Waals surface area contributed by atoms with E-state index in [0.717, 1.165) is 5.56 Å². The Bertz CT molecular complexity index is 940. The van der Waals surface area contributed by atoms with Gasteiger partial charge in [0.1, 0.15) is 5.75 Å². The third kappa shape index (κ3) is 3.53. The van der Waals surface area contributed by atoms with Crippen LogP contribution in [0.4, 0.5) is 11.4 Å². The van der Waals surface area contributed by atoms with Gasteiger partial charge in [-0.05, 0) is 56.2 Å². The number of para-hydroxylation sites is 2. The van der Waals surface area contributed by atoms with E-state index in [4.69, 9.17) is 4.74 Å². The molecule has 7 heteroatoms. The van der Waals surface area contributed by atoms with Crippen LogP contribution in [0.25, 0.3) is 0 Å². The quantitative estimate of drug-likeness (QED) is 0.873. The molecule has 0 fully saturated rings. The molecule has 3 rings (SSSR count). The molecule has 0 saturated heterocycles. The number of carbonyl (C=O) groups is 1. The number of carbonyl (C=O) groups excluding carboxylic acids is 1. The van der Waals surface area contributed by atoms with Crippen molar-refractivity contribution in [1.82, 2.24) is 0 Å². The Morgan fingerprint density at radius 1 is 1.27 bits per heavy atom. The van der Waals surface area contributed by atoms with Crippen LogP contribution in [-0.2, 0) is 16.4 Å². The molecule has 1 aliphatic heterocycles. The molecule has 2 aromatic carbocycles. The molecule has 0 unspecified atom stereocenters. The molecular formula is C19H22N2O4S. The minimum atomic E-state index is -3.34. The highest BCUT2D eigenvalue weighted by molar-refractivity contribution is 7.92. The second-order valence-corrected chi connectivity index (χ2v) is 8.20. The molecule has 138 valence electrons. The van der Waals surface area contributed by atoms with Gasteiger partial charge in [0.25, 0.3) is 5.91 Å². The Balaban J connectivity index is 1.86. The summed E-state index contributed by atoms with van der Waals surface area (Å²) in [6.45, 7) is 4.25. The number of hydrogen-bond donors (Lipinski definition) is 1. The van der Waals surface area contributed by atoms with Crippen LogP contribution in [0.2, 0.25) is 0 Å². The molecule has 26 heavy (non-hydrogen) atoms. The summed E-state index contributed by atoms with van der Waals surface area (Å²) in [5, 5.41) is 2.86. The predicted octanol–water partition coefficient (Wildman–Crippen LogP) is 3.05. The van der Waals surface area contributed by atoms with Gasteiger partial charge in [0.05, 0.1) is 24.2 Å². The van der Waals surface area contributed by atoms with Crippen molar-refractivity contribution in [3.05, 3.63) is 53.6 Å². The first-order valence-electron chi connectivity index (χ1n) is 8.46. The van der Waals surface area contributed by atoms with Crippen molar-refractivity contribution in [3.63, 3.8) is 0 Å². The van der Waals surface area contributed by atoms with Crippen molar-refractivity contribution in [3.8, 4) is 5.75 Å². The lowest BCUT2D eigenvalue weighted by molar-refractivity contribution is 0.102. The maximum absolute atomic E-state index is 12.6. The number of ether oxygens (including phenoxy) is 1. The van der Waals surface area contributed by atoms with Crippen molar-refractivity contribution in [2.24, 2.45) is 0 Å². The highest BCUT2D eigenvalue weighted by Crippen LogP contribution is 2.35. The fourth-order valence-electron chi connectivity index (χ4n) is 3.30. The first-order valence-corrected chi connectivity index (χ1v) is 10.3. The fraction of sp³-hybridized carbons (Fsp3) is 0.316. The van der Waals surface area contributed by atoms with E-state index in [1.54, 1.807) is 30.3 Å². The summed E-state index contributed by atoms with van der Waals surface area (Å²) in [5.74, 6) is 0.354. The van der Waals surface area contributed by atoms with Crippen LogP contribution >= 0.6 is 0 Å². The van der Waals surface area contributed by atoms with Crippen molar-refractivity contribution in [1.29, 1.82) is 0 Å². The molecule has 1 aliphatic rings. The second kappa shape index (κ2) is 6.99. The molecule has 1 heterocycles. The van der Waals surface area contributed by atoms with E-state index in [-0.39, 0.29) is 11.9 Å². The van der Waals surface area contributed by atoms with Crippen LogP contribution in [0.5, 0.6) is 5.75 Å². The number of fused-ring (bicyclic) bond motifs is 1. The van der Waals surface area contributed by atoms with Gasteiger partial charge >= 0.3 is 0 Å². The minimum absolute atomic E-state index is 0.156. The second-order valence-electron chi connectivity index (χ2n) is 6.34. The van der Waals surface area contributed by atoms with Gasteiger partial charge in [-0.15, -0.1) is 0 Å². The van der Waals surface area contributed by atoms with Gasteiger partial charge in [0.15, 0.2) is 0 Å². The first-order chi connectivity index (χ1) is 12.3. The monoisotopic (exact) mass is 374 g/mol. The smallest absolute Gasteiger partial charge is 0.255 e. The van der Waals surface area contributed by atoms with E-state index >= 15 is 0 Å². The maximum atomic E-state index is 12.6. The van der Waals surface area contributed by atoms with Gasteiger partial charge in [-0.2, -0.15) is 0 Å². The fourth-order valence-corrected chi connectivity index (χ4v) is 4.56. The topological polar surface area (TPSA) is 75.7 Å². The van der Waals surface area contributed by atoms with Crippen LogP contribution in [-0.4, -0.2) is 33.2 Å². The number of anilines is 2. The Morgan fingerprint density at radius 2 is 2.00 bits per heavy atom. The number of amides is 1. The number of nitrogens with zero attached hydrogens (tertiary/aromatic N) is 1. The third-order valence-electron chi connectivity index (χ3n) is 4.29. The summed E-state index contributed by atoms with van der Waals surface area (Å²) in [4.78, 5) is 12.6. The highest BCUT2D eigenvalue weighted by atomic mass is 32.2. The summed E-state index contributed by atoms with van der Waals surface area (Å²) in [6, 6.07) is 12.2. The molecule has 0 saturated carbocycles. The molecule has 0 bridgehead atoms. The standard InChI is InChI=1S/C19H22N2O4S/c1-4-25-18-8-6-5-7-16(18)20-19(22)14-9-10-17-15(12-14)11-13(2)21(17)26(3,23)24/h5-10,12-13H,4,11H2,1-3H3,(H,20,22)/t13-/m1/s1. The third-order valence-corrected chi connectivity index (χ3v) is 5.56. The van der Waals surface area contributed by atoms with Crippen molar-refractivity contribution >= 4 is 27.3 Å². The Labute approximate surface area is 153 Å². The number of nitrogens with one attached hydrogen (secondary N) is 1. The van der Waals surface area contributed by atoms with E-state index < -0.39 is 10.0 Å². The number of rotatable bonds is 5. The van der Waals surface area contributed by atoms with Gasteiger partial charge in [-0.25, -0.2) is 8.42 Å². The van der Waals surface area contributed by atoms with Gasteiger partial charge in [-0.1, -0.05) is 12.1 Å². The Kier molecular flexibility index (Phi) is 4.91. The normalized spacial score (nSPS) is 16.3. The number of hydrogen-bond acceptors (Lipinski definition) is 4. The lowest BCUT2D eigenvalue weighted by Crippen LogP contribution is -2.34. The average Bonchev–Trinajstić information content (AvgIpc) is 2.91. The zero-order chi connectivity index (χ0) is 18.9. The van der Waals surface area contributed by atoms with Crippen LogP contribution in [0.1, 0.15) is 29.8 Å². The zero-order valence-corrected chi connectivity index (χ0v) is 15.8. The highest BCUT2D eigenvalue weighted by Gasteiger charge is 2.32. The molecule has 1 atom stereocenters. The van der Waals surface area contributed by atoms with Crippen molar-refractivity contribution < 1.29 is 17.9 Å². The molecule has 1 amide bonds. The van der Waals surface area contributed by atoms with Gasteiger partial charge in [-0.3, -0.25) is 9.10 Å². The van der Waals surface area contributed by atoms with E-state index in [9.17, 15) is 13.2 Å². The summed E-state index contributed by atoms with van der Waals surface area (Å²) in [6.07, 6.45) is 1.78. The van der Waals surface area contributed by atoms with E-state index in [2.05, 4.69) is 5.32 Å². The Hall–Kier alpha value is -2.54. The van der Waals surface area contributed by atoms with Gasteiger partial charge < -0.3 is 10.1 Å². The number of sulfonamides is 1. The molecule has 2 aromatic rings. The predicted molar refractivity (Wildman–Crippen MR) is 102 cm³/mol. The minimum Gasteiger partial charge on any atom is -0.492 e. The van der Waals surface area contributed by atoms with Crippen LogP contribution in [0.15, 0.2) is 42.5 Å². The van der Waals surface area contributed by atoms with Gasteiger partial charge in [0, 0.05) is 11.6 Å². The van der Waals surface area contributed by atoms with E-state index in [1.165, 1.54) is 10.6 Å². The Morgan fingerprint density at radius 3 is 2.69 bits per heavy atom. The molecule has 0 spiro atoms. The average molecular weight is 374 g/mol. The van der Waals surface area contributed by atoms with Crippen LogP contribution in [0.3, 0.4) is 0 Å². The zero-order valence-electron chi connectivity index (χ0n) is 15.0. The molecule has 0 aromatic heterocycles. The lowest BCUT2D eigenvalue weighted by atomic mass is 10.1. The van der Waals surface area contributed by atoms with Crippen LogP contribution in [0, 0.1) is 0 Å². The number of benzene rings is 2. The maximum Gasteiger partial charge on any atom is 0.255 e. The molecule has 6 nitrogen and oxygen atoms in total. The molecule has 1 N–H and O–H groups in total. The van der Waals surface area contributed by atoms with E-state index in [1.807, 2.05) is 26.0 Å². The first kappa shape index (κ1) is 18.3. The largest absolute Gasteiger partial charge is 0.492 e. The van der Waals surface area contributed by atoms with E-state index in [0.29, 0.717) is 35.7 Å². The molecule has 0 radical (unpaired) electrons.